The van der Waals surface area contributed by atoms with E-state index in [2.05, 4.69) is 61.6 Å². The molecular weight excluding hydrogens is 724 g/mol. The number of halogens is 3. The Hall–Kier alpha value is -7.10. The summed E-state index contributed by atoms with van der Waals surface area (Å²) >= 11 is 0. The van der Waals surface area contributed by atoms with Crippen LogP contribution in [0.1, 0.15) is 35.6 Å². The van der Waals surface area contributed by atoms with Gasteiger partial charge in [0.15, 0.2) is 0 Å². The van der Waals surface area contributed by atoms with Gasteiger partial charge in [0.05, 0.1) is 44.9 Å². The zero-order chi connectivity index (χ0) is 39.7. The first kappa shape index (κ1) is 35.3. The minimum Gasteiger partial charge on any atom is -0.309 e. The number of aryl methyl sites for hydroxylation is 1. The summed E-state index contributed by atoms with van der Waals surface area (Å²) in [5.74, 6) is 0. The molecule has 2 aliphatic carbocycles. The molecule has 2 aliphatic rings. The number of para-hydroxylation sites is 1. The van der Waals surface area contributed by atoms with Gasteiger partial charge in [-0.1, -0.05) is 120 Å². The molecule has 0 bridgehead atoms. The van der Waals surface area contributed by atoms with Gasteiger partial charge in [0.1, 0.15) is 5.56 Å². The predicted molar refractivity (Wildman–Crippen MR) is 230 cm³/mol. The van der Waals surface area contributed by atoms with Crippen LogP contribution in [0.25, 0.3) is 78.0 Å². The van der Waals surface area contributed by atoms with Crippen molar-refractivity contribution in [1.82, 2.24) is 9.13 Å². The number of rotatable bonds is 4. The molecule has 6 aromatic carbocycles. The summed E-state index contributed by atoms with van der Waals surface area (Å²) < 4.78 is 53.0. The van der Waals surface area contributed by atoms with E-state index in [0.29, 0.717) is 39.7 Å². The first-order valence-corrected chi connectivity index (χ1v) is 19.4. The van der Waals surface area contributed by atoms with Gasteiger partial charge in [-0.15, -0.1) is 0 Å². The Morgan fingerprint density at radius 2 is 1.34 bits per heavy atom. The van der Waals surface area contributed by atoms with Crippen molar-refractivity contribution < 1.29 is 13.2 Å². The minimum absolute atomic E-state index is 0.0124. The lowest BCUT2D eigenvalue weighted by Gasteiger charge is -2.23. The van der Waals surface area contributed by atoms with E-state index in [1.807, 2.05) is 90.4 Å². The number of allylic oxidation sites excluding steroid dienone is 6. The highest BCUT2D eigenvalue weighted by Crippen LogP contribution is 2.45. The number of alkyl halides is 3. The van der Waals surface area contributed by atoms with Crippen LogP contribution in [0.15, 0.2) is 157 Å². The van der Waals surface area contributed by atoms with Gasteiger partial charge in [0, 0.05) is 16.2 Å². The average molecular weight is 760 g/mol. The Morgan fingerprint density at radius 3 is 2.14 bits per heavy atom. The van der Waals surface area contributed by atoms with Crippen LogP contribution < -0.4 is 10.6 Å². The van der Waals surface area contributed by atoms with Crippen molar-refractivity contribution in [3.8, 4) is 39.7 Å². The molecule has 6 heteroatoms. The van der Waals surface area contributed by atoms with Crippen molar-refractivity contribution in [2.45, 2.75) is 32.9 Å². The van der Waals surface area contributed by atoms with Crippen molar-refractivity contribution in [1.29, 1.82) is 5.26 Å². The second-order valence-corrected chi connectivity index (χ2v) is 15.3. The summed E-state index contributed by atoms with van der Waals surface area (Å²) in [6.45, 7) is 4.09. The SMILES string of the molecule is CC1=CC(=c2ccc3c4c(n(-c5cc(-c6cccc(C#N)c6)cc(-n6c7ccccc7c7ccc(-c8cccc(C)c8)cc76)c5C(F)(F)F)c3c2)=CC=CC4)CC=C1. The van der Waals surface area contributed by atoms with Crippen LogP contribution in [0.4, 0.5) is 13.2 Å². The lowest BCUT2D eigenvalue weighted by atomic mass is 9.97. The monoisotopic (exact) mass is 759 g/mol. The van der Waals surface area contributed by atoms with Gasteiger partial charge in [-0.3, -0.25) is 0 Å². The molecule has 0 radical (unpaired) electrons. The van der Waals surface area contributed by atoms with Gasteiger partial charge in [-0.05, 0) is 114 Å². The first-order chi connectivity index (χ1) is 28.2. The number of nitrogens with zero attached hydrogens (tertiary/aromatic N) is 3. The fourth-order valence-electron chi connectivity index (χ4n) is 8.95. The van der Waals surface area contributed by atoms with Gasteiger partial charge < -0.3 is 9.13 Å². The molecule has 280 valence electrons. The van der Waals surface area contributed by atoms with Crippen LogP contribution in [-0.4, -0.2) is 9.13 Å². The predicted octanol–water partition coefficient (Wildman–Crippen LogP) is 12.2. The van der Waals surface area contributed by atoms with E-state index < -0.39 is 11.7 Å². The first-order valence-electron chi connectivity index (χ1n) is 19.4. The zero-order valence-electron chi connectivity index (χ0n) is 31.9. The average Bonchev–Trinajstić information content (AvgIpc) is 3.75. The van der Waals surface area contributed by atoms with Crippen LogP contribution in [0.3, 0.4) is 0 Å². The third-order valence-electron chi connectivity index (χ3n) is 11.5. The quantitative estimate of drug-likeness (QED) is 0.176. The van der Waals surface area contributed by atoms with Crippen molar-refractivity contribution in [3.63, 3.8) is 0 Å². The molecule has 0 aliphatic heterocycles. The number of nitriles is 1. The molecule has 0 N–H and O–H groups in total. The summed E-state index contributed by atoms with van der Waals surface area (Å²) in [5.41, 5.74) is 9.19. The Balaban J connectivity index is 1.38. The smallest absolute Gasteiger partial charge is 0.309 e. The van der Waals surface area contributed by atoms with E-state index in [0.717, 1.165) is 66.5 Å². The fraction of sp³-hybridized carbons (Fsp3) is 0.0962. The zero-order valence-corrected chi connectivity index (χ0v) is 31.9. The highest BCUT2D eigenvalue weighted by molar-refractivity contribution is 6.10. The third-order valence-corrected chi connectivity index (χ3v) is 11.5. The molecular formula is C52H36F3N3. The summed E-state index contributed by atoms with van der Waals surface area (Å²) in [6, 6.07) is 40.7. The minimum atomic E-state index is -4.78. The van der Waals surface area contributed by atoms with Crippen LogP contribution in [0.5, 0.6) is 0 Å². The molecule has 2 heterocycles. The van der Waals surface area contributed by atoms with E-state index in [4.69, 9.17) is 0 Å². The topological polar surface area (TPSA) is 33.6 Å². The van der Waals surface area contributed by atoms with Crippen molar-refractivity contribution in [2.75, 3.05) is 0 Å². The Labute approximate surface area is 333 Å². The van der Waals surface area contributed by atoms with Gasteiger partial charge in [-0.2, -0.15) is 18.4 Å². The summed E-state index contributed by atoms with van der Waals surface area (Å²) in [7, 11) is 0. The lowest BCUT2D eigenvalue weighted by molar-refractivity contribution is -0.137. The molecule has 10 rings (SSSR count). The lowest BCUT2D eigenvalue weighted by Crippen LogP contribution is -2.24. The fourth-order valence-corrected chi connectivity index (χ4v) is 8.95. The van der Waals surface area contributed by atoms with E-state index in [-0.39, 0.29) is 11.4 Å². The van der Waals surface area contributed by atoms with Gasteiger partial charge >= 0.3 is 6.18 Å². The molecule has 8 aromatic rings. The molecule has 0 fully saturated rings. The number of hydrogen-bond donors (Lipinski definition) is 0. The number of fused-ring (bicyclic) bond motifs is 6. The van der Waals surface area contributed by atoms with E-state index in [1.54, 1.807) is 34.9 Å². The second-order valence-electron chi connectivity index (χ2n) is 15.3. The van der Waals surface area contributed by atoms with Crippen molar-refractivity contribution in [3.05, 3.63) is 190 Å². The molecule has 0 unspecified atom stereocenters. The molecule has 0 saturated heterocycles. The summed E-state index contributed by atoms with van der Waals surface area (Å²) in [5, 5.41) is 14.2. The van der Waals surface area contributed by atoms with Crippen molar-refractivity contribution >= 4 is 44.4 Å². The molecule has 3 nitrogen and oxygen atoms in total. The summed E-state index contributed by atoms with van der Waals surface area (Å²) in [6.07, 6.45) is 8.83. The van der Waals surface area contributed by atoms with Gasteiger partial charge in [0.2, 0.25) is 0 Å². The Morgan fingerprint density at radius 1 is 0.621 bits per heavy atom. The molecule has 0 spiro atoms. The van der Waals surface area contributed by atoms with Crippen LogP contribution in [-0.2, 0) is 12.6 Å². The highest BCUT2D eigenvalue weighted by Gasteiger charge is 2.39. The van der Waals surface area contributed by atoms with Crippen molar-refractivity contribution in [2.24, 2.45) is 0 Å². The third kappa shape index (κ3) is 5.82. The van der Waals surface area contributed by atoms with Crippen LogP contribution in [0, 0.1) is 18.3 Å². The van der Waals surface area contributed by atoms with Gasteiger partial charge in [0.25, 0.3) is 0 Å². The maximum Gasteiger partial charge on any atom is 0.420 e. The van der Waals surface area contributed by atoms with E-state index >= 15 is 13.2 Å². The molecule has 0 saturated carbocycles. The van der Waals surface area contributed by atoms with Crippen LogP contribution in [0.2, 0.25) is 0 Å². The van der Waals surface area contributed by atoms with E-state index in [9.17, 15) is 5.26 Å². The number of aromatic nitrogens is 2. The van der Waals surface area contributed by atoms with E-state index in [1.165, 1.54) is 0 Å². The normalized spacial score (nSPS) is 14.8. The highest BCUT2D eigenvalue weighted by atomic mass is 19.4. The Kier molecular flexibility index (Phi) is 8.24. The molecule has 58 heavy (non-hydrogen) atoms. The summed E-state index contributed by atoms with van der Waals surface area (Å²) in [4.78, 5) is 0. The Bertz CT molecular complexity index is 3300. The van der Waals surface area contributed by atoms with Gasteiger partial charge in [-0.25, -0.2) is 0 Å². The maximum absolute atomic E-state index is 16.5. The standard InChI is InChI=1S/C52H36F3N3/c1-32-10-7-13-35(24-32)38-20-22-43-41-16-3-5-18-45(41)57(47(43)27-38)49-29-40(37-15-9-12-34(26-37)31-56)30-50(51(49)52(53,54)55)58-46-19-6-4-17-42(46)44-23-21-39(28-48(44)58)36-14-8-11-33(2)25-36/h3-13,15-16,18-30H,14,17H2,1-2H3. The number of benzene rings is 6. The largest absolute Gasteiger partial charge is 0.420 e. The number of hydrogen-bond acceptors (Lipinski definition) is 1. The molecule has 2 aromatic heterocycles. The molecule has 0 atom stereocenters. The molecule has 0 amide bonds. The van der Waals surface area contributed by atoms with Crippen LogP contribution >= 0.6 is 0 Å². The second kappa shape index (κ2) is 13.5. The maximum atomic E-state index is 16.5.